The van der Waals surface area contributed by atoms with E-state index in [9.17, 15) is 0 Å². The summed E-state index contributed by atoms with van der Waals surface area (Å²) in [6, 6.07) is 8.28. The number of aryl methyl sites for hydroxylation is 1. The Kier molecular flexibility index (Phi) is 3.07. The van der Waals surface area contributed by atoms with E-state index < -0.39 is 0 Å². The van der Waals surface area contributed by atoms with Crippen molar-refractivity contribution in [1.29, 1.82) is 0 Å². The number of nitrogens with zero attached hydrogens (tertiary/aromatic N) is 1. The van der Waals surface area contributed by atoms with Crippen LogP contribution in [0, 0.1) is 6.92 Å². The Morgan fingerprint density at radius 3 is 3.00 bits per heavy atom. The Hall–Kier alpha value is -1.28. The maximum absolute atomic E-state index is 4.40. The Morgan fingerprint density at radius 1 is 1.33 bits per heavy atom. The Bertz CT molecular complexity index is 503. The molecule has 2 aromatic rings. The molecule has 0 aliphatic heterocycles. The van der Waals surface area contributed by atoms with Crippen LogP contribution in [0.4, 0.5) is 0 Å². The number of thiol groups is 1. The lowest BCUT2D eigenvalue weighted by Crippen LogP contribution is -1.86. The molecule has 0 saturated carbocycles. The van der Waals surface area contributed by atoms with Gasteiger partial charge in [0.2, 0.25) is 0 Å². The molecule has 1 aromatic heterocycles. The molecule has 0 unspecified atom stereocenters. The van der Waals surface area contributed by atoms with Gasteiger partial charge in [0, 0.05) is 17.3 Å². The summed E-state index contributed by atoms with van der Waals surface area (Å²) in [5.74, 6) is 0.764. The minimum absolute atomic E-state index is 0.764. The first kappa shape index (κ1) is 10.2. The molecule has 76 valence electrons. The highest BCUT2D eigenvalue weighted by Gasteiger charge is 2.00. The number of fused-ring (bicyclic) bond motifs is 1. The normalized spacial score (nSPS) is 11.3. The van der Waals surface area contributed by atoms with Gasteiger partial charge < -0.3 is 0 Å². The van der Waals surface area contributed by atoms with Crippen LogP contribution in [0.3, 0.4) is 0 Å². The van der Waals surface area contributed by atoms with Crippen molar-refractivity contribution >= 4 is 29.6 Å². The van der Waals surface area contributed by atoms with E-state index in [0.717, 1.165) is 11.3 Å². The quantitative estimate of drug-likeness (QED) is 0.757. The summed E-state index contributed by atoms with van der Waals surface area (Å²) in [5, 5.41) is 1.19. The SMILES string of the molecule is Cc1c(C=CCS)ccc2cccnc12. The predicted octanol–water partition coefficient (Wildman–Crippen LogP) is 3.49. The molecule has 0 radical (unpaired) electrons. The van der Waals surface area contributed by atoms with Gasteiger partial charge in [0.25, 0.3) is 0 Å². The molecule has 0 spiro atoms. The second-order valence-electron chi connectivity index (χ2n) is 3.44. The topological polar surface area (TPSA) is 12.9 Å². The molecule has 0 atom stereocenters. The summed E-state index contributed by atoms with van der Waals surface area (Å²) >= 11 is 4.16. The van der Waals surface area contributed by atoms with Gasteiger partial charge in [-0.2, -0.15) is 12.6 Å². The summed E-state index contributed by atoms with van der Waals surface area (Å²) in [6.07, 6.45) is 5.97. The summed E-state index contributed by atoms with van der Waals surface area (Å²) in [7, 11) is 0. The van der Waals surface area contributed by atoms with Gasteiger partial charge in [0.05, 0.1) is 5.52 Å². The summed E-state index contributed by atoms with van der Waals surface area (Å²) in [5.41, 5.74) is 3.53. The van der Waals surface area contributed by atoms with Crippen LogP contribution in [0.1, 0.15) is 11.1 Å². The molecule has 1 aromatic carbocycles. The van der Waals surface area contributed by atoms with Crippen molar-refractivity contribution in [3.8, 4) is 0 Å². The molecule has 0 aliphatic rings. The molecule has 0 saturated heterocycles. The fourth-order valence-electron chi connectivity index (χ4n) is 1.67. The van der Waals surface area contributed by atoms with Crippen molar-refractivity contribution in [2.24, 2.45) is 0 Å². The van der Waals surface area contributed by atoms with E-state index in [1.807, 2.05) is 18.3 Å². The molecule has 0 bridgehead atoms. The maximum atomic E-state index is 4.40. The van der Waals surface area contributed by atoms with E-state index >= 15 is 0 Å². The number of pyridine rings is 1. The van der Waals surface area contributed by atoms with Gasteiger partial charge in [-0.15, -0.1) is 0 Å². The number of rotatable bonds is 2. The molecule has 0 aliphatic carbocycles. The van der Waals surface area contributed by atoms with Gasteiger partial charge in [-0.25, -0.2) is 0 Å². The summed E-state index contributed by atoms with van der Waals surface area (Å²) in [4.78, 5) is 4.40. The molecule has 0 N–H and O–H groups in total. The number of aromatic nitrogens is 1. The maximum Gasteiger partial charge on any atom is 0.0737 e. The van der Waals surface area contributed by atoms with Crippen LogP contribution in [0.2, 0.25) is 0 Å². The first-order chi connectivity index (χ1) is 7.33. The third-order valence-electron chi connectivity index (χ3n) is 2.47. The highest BCUT2D eigenvalue weighted by Crippen LogP contribution is 2.20. The van der Waals surface area contributed by atoms with E-state index in [1.165, 1.54) is 16.5 Å². The van der Waals surface area contributed by atoms with Crippen molar-refractivity contribution in [2.75, 3.05) is 5.75 Å². The van der Waals surface area contributed by atoms with E-state index in [-0.39, 0.29) is 0 Å². The first-order valence-corrected chi connectivity index (χ1v) is 5.58. The fourth-order valence-corrected chi connectivity index (χ4v) is 1.77. The third-order valence-corrected chi connectivity index (χ3v) is 2.68. The minimum Gasteiger partial charge on any atom is -0.256 e. The van der Waals surface area contributed by atoms with E-state index in [0.29, 0.717) is 0 Å². The highest BCUT2D eigenvalue weighted by atomic mass is 32.1. The molecule has 0 amide bonds. The smallest absolute Gasteiger partial charge is 0.0737 e. The van der Waals surface area contributed by atoms with Crippen molar-refractivity contribution in [2.45, 2.75) is 6.92 Å². The molecule has 0 fully saturated rings. The third kappa shape index (κ3) is 2.05. The van der Waals surface area contributed by atoms with E-state index in [1.54, 1.807) is 0 Å². The molecular weight excluding hydrogens is 202 g/mol. The van der Waals surface area contributed by atoms with Crippen molar-refractivity contribution < 1.29 is 0 Å². The van der Waals surface area contributed by atoms with Gasteiger partial charge in [-0.1, -0.05) is 30.4 Å². The van der Waals surface area contributed by atoms with Gasteiger partial charge in [0.15, 0.2) is 0 Å². The predicted molar refractivity (Wildman–Crippen MR) is 69.4 cm³/mol. The van der Waals surface area contributed by atoms with Gasteiger partial charge in [-0.05, 0) is 24.1 Å². The van der Waals surface area contributed by atoms with Crippen LogP contribution in [0.15, 0.2) is 36.5 Å². The average molecular weight is 215 g/mol. The lowest BCUT2D eigenvalue weighted by atomic mass is 10.0. The fraction of sp³-hybridized carbons (Fsp3) is 0.154. The van der Waals surface area contributed by atoms with Gasteiger partial charge in [-0.3, -0.25) is 4.98 Å². The Labute approximate surface area is 95.3 Å². The molecule has 2 rings (SSSR count). The van der Waals surface area contributed by atoms with Crippen LogP contribution in [-0.4, -0.2) is 10.7 Å². The standard InChI is InChI=1S/C13H13NS/c1-10-11(5-3-9-15)6-7-12-4-2-8-14-13(10)12/h2-8,15H,9H2,1H3. The van der Waals surface area contributed by atoms with E-state index in [2.05, 4.69) is 48.8 Å². The average Bonchev–Trinajstić information content (AvgIpc) is 2.29. The zero-order chi connectivity index (χ0) is 10.7. The Morgan fingerprint density at radius 2 is 2.20 bits per heavy atom. The monoisotopic (exact) mass is 215 g/mol. The number of hydrogen-bond donors (Lipinski definition) is 1. The van der Waals surface area contributed by atoms with Crippen LogP contribution in [0.25, 0.3) is 17.0 Å². The Balaban J connectivity index is 2.60. The molecule has 1 nitrogen and oxygen atoms in total. The first-order valence-electron chi connectivity index (χ1n) is 4.94. The van der Waals surface area contributed by atoms with Crippen molar-refractivity contribution in [1.82, 2.24) is 4.98 Å². The van der Waals surface area contributed by atoms with Gasteiger partial charge >= 0.3 is 0 Å². The van der Waals surface area contributed by atoms with Crippen molar-refractivity contribution in [3.05, 3.63) is 47.7 Å². The molecule has 1 heterocycles. The highest BCUT2D eigenvalue weighted by molar-refractivity contribution is 7.80. The minimum atomic E-state index is 0.764. The molecule has 2 heteroatoms. The van der Waals surface area contributed by atoms with Crippen LogP contribution in [0.5, 0.6) is 0 Å². The molecule has 15 heavy (non-hydrogen) atoms. The number of hydrogen-bond acceptors (Lipinski definition) is 2. The lowest BCUT2D eigenvalue weighted by Gasteiger charge is -2.04. The number of benzene rings is 1. The zero-order valence-corrected chi connectivity index (χ0v) is 9.54. The largest absolute Gasteiger partial charge is 0.256 e. The second kappa shape index (κ2) is 4.49. The summed E-state index contributed by atoms with van der Waals surface area (Å²) < 4.78 is 0. The van der Waals surface area contributed by atoms with Crippen molar-refractivity contribution in [3.63, 3.8) is 0 Å². The van der Waals surface area contributed by atoms with Gasteiger partial charge in [0.1, 0.15) is 0 Å². The van der Waals surface area contributed by atoms with Crippen LogP contribution >= 0.6 is 12.6 Å². The van der Waals surface area contributed by atoms with Crippen LogP contribution < -0.4 is 0 Å². The molecular formula is C13H13NS. The lowest BCUT2D eigenvalue weighted by molar-refractivity contribution is 1.36. The zero-order valence-electron chi connectivity index (χ0n) is 8.64. The van der Waals surface area contributed by atoms with Crippen LogP contribution in [-0.2, 0) is 0 Å². The second-order valence-corrected chi connectivity index (χ2v) is 3.81. The summed E-state index contributed by atoms with van der Waals surface area (Å²) in [6.45, 7) is 2.10. The van der Waals surface area contributed by atoms with E-state index in [4.69, 9.17) is 0 Å².